The van der Waals surface area contributed by atoms with Crippen LogP contribution in [0.2, 0.25) is 10.0 Å². The van der Waals surface area contributed by atoms with E-state index in [1.54, 1.807) is 12.1 Å². The van der Waals surface area contributed by atoms with Crippen LogP contribution in [0.1, 0.15) is 17.9 Å². The fourth-order valence-electron chi connectivity index (χ4n) is 2.28. The van der Waals surface area contributed by atoms with Crippen molar-refractivity contribution in [2.24, 2.45) is 0 Å². The summed E-state index contributed by atoms with van der Waals surface area (Å²) in [7, 11) is 0. The largest absolute Gasteiger partial charge is 0.396 e. The van der Waals surface area contributed by atoms with Crippen molar-refractivity contribution in [2.45, 2.75) is 19.8 Å². The average molecular weight is 391 g/mol. The maximum atomic E-state index is 12.1. The molecule has 0 unspecified atom stereocenters. The van der Waals surface area contributed by atoms with Crippen LogP contribution in [0.5, 0.6) is 0 Å². The van der Waals surface area contributed by atoms with E-state index in [1.807, 2.05) is 31.2 Å². The molecule has 0 aliphatic carbocycles. The van der Waals surface area contributed by atoms with Crippen LogP contribution in [0.4, 0.5) is 11.4 Å². The Morgan fingerprint density at radius 2 is 1.85 bits per heavy atom. The standard InChI is InChI=1S/C18H16Cl2N4O2/c1-10-2-4-11(5-3-10)18-23-16(26-24-18)7-6-15(25)22-12-8-13(19)17(21)14(20)9-12/h2-5,8-9H,6-7,21H2,1H3,(H,22,25). The Morgan fingerprint density at radius 1 is 1.19 bits per heavy atom. The number of amides is 1. The van der Waals surface area contributed by atoms with Crippen molar-refractivity contribution in [3.63, 3.8) is 0 Å². The molecule has 0 fully saturated rings. The molecule has 1 heterocycles. The lowest BCUT2D eigenvalue weighted by atomic mass is 10.1. The fraction of sp³-hybridized carbons (Fsp3) is 0.167. The first-order valence-corrected chi connectivity index (χ1v) is 8.62. The first-order chi connectivity index (χ1) is 12.4. The zero-order valence-electron chi connectivity index (χ0n) is 13.9. The molecular formula is C18H16Cl2N4O2. The van der Waals surface area contributed by atoms with Crippen LogP contribution in [0, 0.1) is 6.92 Å². The molecule has 0 aliphatic rings. The van der Waals surface area contributed by atoms with Crippen LogP contribution < -0.4 is 11.1 Å². The lowest BCUT2D eigenvalue weighted by Crippen LogP contribution is -2.12. The van der Waals surface area contributed by atoms with Gasteiger partial charge < -0.3 is 15.6 Å². The Labute approximate surface area is 160 Å². The van der Waals surface area contributed by atoms with E-state index in [9.17, 15) is 4.79 Å². The van der Waals surface area contributed by atoms with Gasteiger partial charge in [0.15, 0.2) is 0 Å². The van der Waals surface area contributed by atoms with Crippen molar-refractivity contribution in [1.29, 1.82) is 0 Å². The molecule has 6 nitrogen and oxygen atoms in total. The van der Waals surface area contributed by atoms with Gasteiger partial charge in [0, 0.05) is 24.1 Å². The molecule has 1 amide bonds. The zero-order valence-corrected chi connectivity index (χ0v) is 15.4. The second-order valence-corrected chi connectivity index (χ2v) is 6.59. The molecule has 134 valence electrons. The van der Waals surface area contributed by atoms with Crippen LogP contribution in [0.15, 0.2) is 40.9 Å². The van der Waals surface area contributed by atoms with Gasteiger partial charge in [-0.05, 0) is 19.1 Å². The summed E-state index contributed by atoms with van der Waals surface area (Å²) in [6.07, 6.45) is 0.496. The van der Waals surface area contributed by atoms with Gasteiger partial charge in [0.2, 0.25) is 17.6 Å². The summed E-state index contributed by atoms with van der Waals surface area (Å²) >= 11 is 11.9. The van der Waals surface area contributed by atoms with E-state index < -0.39 is 0 Å². The maximum absolute atomic E-state index is 12.1. The minimum Gasteiger partial charge on any atom is -0.396 e. The van der Waals surface area contributed by atoms with Crippen LogP contribution in [0.3, 0.4) is 0 Å². The molecule has 0 bridgehead atoms. The molecule has 0 radical (unpaired) electrons. The Morgan fingerprint density at radius 3 is 2.50 bits per heavy atom. The first-order valence-electron chi connectivity index (χ1n) is 7.86. The highest BCUT2D eigenvalue weighted by atomic mass is 35.5. The van der Waals surface area contributed by atoms with Crippen molar-refractivity contribution in [3.8, 4) is 11.4 Å². The summed E-state index contributed by atoms with van der Waals surface area (Å²) < 4.78 is 5.20. The summed E-state index contributed by atoms with van der Waals surface area (Å²) in [5.41, 5.74) is 8.44. The minimum absolute atomic E-state index is 0.176. The normalized spacial score (nSPS) is 10.7. The smallest absolute Gasteiger partial charge is 0.227 e. The summed E-state index contributed by atoms with van der Waals surface area (Å²) in [5.74, 6) is 0.665. The van der Waals surface area contributed by atoms with E-state index in [2.05, 4.69) is 15.5 Å². The SMILES string of the molecule is Cc1ccc(-c2noc(CCC(=O)Nc3cc(Cl)c(N)c(Cl)c3)n2)cc1. The van der Waals surface area contributed by atoms with E-state index in [-0.39, 0.29) is 28.1 Å². The highest BCUT2D eigenvalue weighted by Gasteiger charge is 2.12. The number of anilines is 2. The van der Waals surface area contributed by atoms with E-state index in [0.29, 0.717) is 23.8 Å². The number of hydrogen-bond acceptors (Lipinski definition) is 5. The van der Waals surface area contributed by atoms with Gasteiger partial charge >= 0.3 is 0 Å². The highest BCUT2D eigenvalue weighted by Crippen LogP contribution is 2.31. The Hall–Kier alpha value is -2.57. The molecule has 0 saturated heterocycles. The van der Waals surface area contributed by atoms with Gasteiger partial charge in [-0.1, -0.05) is 58.2 Å². The number of hydrogen-bond donors (Lipinski definition) is 2. The van der Waals surface area contributed by atoms with E-state index in [1.165, 1.54) is 0 Å². The Balaban J connectivity index is 1.59. The Kier molecular flexibility index (Phi) is 5.44. The van der Waals surface area contributed by atoms with E-state index in [4.69, 9.17) is 33.5 Å². The number of benzene rings is 2. The number of halogens is 2. The second kappa shape index (κ2) is 7.76. The predicted molar refractivity (Wildman–Crippen MR) is 102 cm³/mol. The van der Waals surface area contributed by atoms with E-state index in [0.717, 1.165) is 11.1 Å². The Bertz CT molecular complexity index is 916. The molecule has 8 heteroatoms. The number of rotatable bonds is 5. The second-order valence-electron chi connectivity index (χ2n) is 5.78. The van der Waals surface area contributed by atoms with Crippen molar-refractivity contribution < 1.29 is 9.32 Å². The summed E-state index contributed by atoms with van der Waals surface area (Å²) in [5, 5.41) is 7.23. The summed E-state index contributed by atoms with van der Waals surface area (Å²) in [6, 6.07) is 10.9. The molecule has 3 aromatic rings. The molecule has 26 heavy (non-hydrogen) atoms. The molecule has 0 aliphatic heterocycles. The fourth-order valence-corrected chi connectivity index (χ4v) is 2.76. The molecular weight excluding hydrogens is 375 g/mol. The van der Waals surface area contributed by atoms with Gasteiger partial charge in [-0.25, -0.2) is 0 Å². The minimum atomic E-state index is -0.225. The zero-order chi connectivity index (χ0) is 18.7. The highest BCUT2D eigenvalue weighted by molar-refractivity contribution is 6.39. The molecule has 0 atom stereocenters. The number of carbonyl (C=O) groups is 1. The molecule has 0 saturated carbocycles. The van der Waals surface area contributed by atoms with Gasteiger partial charge in [0.1, 0.15) is 0 Å². The number of aryl methyl sites for hydroxylation is 2. The van der Waals surface area contributed by atoms with Gasteiger partial charge in [-0.15, -0.1) is 0 Å². The van der Waals surface area contributed by atoms with Crippen molar-refractivity contribution in [2.75, 3.05) is 11.1 Å². The van der Waals surface area contributed by atoms with Gasteiger partial charge in [0.25, 0.3) is 0 Å². The van der Waals surface area contributed by atoms with Crippen LogP contribution >= 0.6 is 23.2 Å². The van der Waals surface area contributed by atoms with Crippen molar-refractivity contribution in [1.82, 2.24) is 10.1 Å². The number of carbonyl (C=O) groups excluding carboxylic acids is 1. The summed E-state index contributed by atoms with van der Waals surface area (Å²) in [4.78, 5) is 16.4. The lowest BCUT2D eigenvalue weighted by Gasteiger charge is -2.07. The van der Waals surface area contributed by atoms with Crippen molar-refractivity contribution in [3.05, 3.63) is 57.9 Å². The third-order valence-corrected chi connectivity index (χ3v) is 4.33. The van der Waals surface area contributed by atoms with Gasteiger partial charge in [-0.3, -0.25) is 4.79 Å². The average Bonchev–Trinajstić information content (AvgIpc) is 3.07. The molecule has 1 aromatic heterocycles. The quantitative estimate of drug-likeness (QED) is 0.625. The van der Waals surface area contributed by atoms with Gasteiger partial charge in [0.05, 0.1) is 15.7 Å². The number of nitrogens with one attached hydrogen (secondary N) is 1. The predicted octanol–water partition coefficient (Wildman–Crippen LogP) is 4.51. The number of nitrogens with zero attached hydrogens (tertiary/aromatic N) is 2. The van der Waals surface area contributed by atoms with Crippen molar-refractivity contribution >= 4 is 40.5 Å². The number of nitrogen functional groups attached to an aromatic ring is 1. The van der Waals surface area contributed by atoms with Crippen LogP contribution in [-0.2, 0) is 11.2 Å². The van der Waals surface area contributed by atoms with Gasteiger partial charge in [-0.2, -0.15) is 4.98 Å². The number of aromatic nitrogens is 2. The molecule has 0 spiro atoms. The topological polar surface area (TPSA) is 94.0 Å². The van der Waals surface area contributed by atoms with Crippen LogP contribution in [0.25, 0.3) is 11.4 Å². The first kappa shape index (κ1) is 18.2. The number of nitrogens with two attached hydrogens (primary N) is 1. The third kappa shape index (κ3) is 4.33. The monoisotopic (exact) mass is 390 g/mol. The van der Waals surface area contributed by atoms with Crippen LogP contribution in [-0.4, -0.2) is 16.0 Å². The third-order valence-electron chi connectivity index (χ3n) is 3.71. The lowest BCUT2D eigenvalue weighted by molar-refractivity contribution is -0.116. The van der Waals surface area contributed by atoms with E-state index >= 15 is 0 Å². The summed E-state index contributed by atoms with van der Waals surface area (Å²) in [6.45, 7) is 2.01. The molecule has 3 N–H and O–H groups in total. The molecule has 2 aromatic carbocycles. The maximum Gasteiger partial charge on any atom is 0.227 e. The molecule has 3 rings (SSSR count).